The van der Waals surface area contributed by atoms with Gasteiger partial charge in [0.15, 0.2) is 0 Å². The highest BCUT2D eigenvalue weighted by atomic mass is 35.5. The molecular weight excluding hydrogens is 413 g/mol. The van der Waals surface area contributed by atoms with Crippen molar-refractivity contribution in [1.82, 2.24) is 9.80 Å². The highest BCUT2D eigenvalue weighted by molar-refractivity contribution is 6.42. The Bertz CT molecular complexity index is 959. The molecule has 8 heteroatoms. The highest BCUT2D eigenvalue weighted by Crippen LogP contribution is 2.31. The van der Waals surface area contributed by atoms with Gasteiger partial charge in [-0.3, -0.25) is 19.3 Å². The molecule has 2 aromatic rings. The molecule has 2 aliphatic rings. The van der Waals surface area contributed by atoms with Crippen molar-refractivity contribution < 1.29 is 14.4 Å². The van der Waals surface area contributed by atoms with Gasteiger partial charge < -0.3 is 4.90 Å². The molecule has 0 N–H and O–H groups in total. The van der Waals surface area contributed by atoms with E-state index in [1.807, 2.05) is 23.1 Å². The third-order valence-corrected chi connectivity index (χ3v) is 6.09. The normalized spacial score (nSPS) is 20.4. The van der Waals surface area contributed by atoms with Crippen LogP contribution in [0.15, 0.2) is 48.5 Å². The molecule has 4 rings (SSSR count). The number of benzene rings is 2. The van der Waals surface area contributed by atoms with Gasteiger partial charge in [0, 0.05) is 31.7 Å². The van der Waals surface area contributed by atoms with Gasteiger partial charge in [0.25, 0.3) is 11.8 Å². The van der Waals surface area contributed by atoms with E-state index in [0.717, 1.165) is 0 Å². The minimum absolute atomic E-state index is 0.0171. The van der Waals surface area contributed by atoms with E-state index in [2.05, 4.69) is 0 Å². The zero-order chi connectivity index (χ0) is 20.5. The van der Waals surface area contributed by atoms with Gasteiger partial charge in [0.05, 0.1) is 28.2 Å². The van der Waals surface area contributed by atoms with Gasteiger partial charge in [0.1, 0.15) is 0 Å². The molecular formula is C21H19Cl2N3O3. The summed E-state index contributed by atoms with van der Waals surface area (Å²) in [6, 6.07) is 13.3. The Labute approximate surface area is 178 Å². The van der Waals surface area contributed by atoms with Gasteiger partial charge >= 0.3 is 0 Å². The second-order valence-corrected chi connectivity index (χ2v) is 7.89. The first-order valence-corrected chi connectivity index (χ1v) is 10.1. The lowest BCUT2D eigenvalue weighted by molar-refractivity contribution is -0.123. The zero-order valence-electron chi connectivity index (χ0n) is 15.6. The monoisotopic (exact) mass is 431 g/mol. The van der Waals surface area contributed by atoms with Crippen LogP contribution in [0.25, 0.3) is 0 Å². The number of carbonyl (C=O) groups is 3. The topological polar surface area (TPSA) is 60.9 Å². The molecule has 0 aromatic heterocycles. The molecule has 0 bridgehead atoms. The van der Waals surface area contributed by atoms with Crippen molar-refractivity contribution in [1.29, 1.82) is 0 Å². The number of carbonyl (C=O) groups excluding carboxylic acids is 3. The van der Waals surface area contributed by atoms with Crippen molar-refractivity contribution in [3.8, 4) is 0 Å². The molecule has 2 heterocycles. The molecule has 1 unspecified atom stereocenters. The van der Waals surface area contributed by atoms with Crippen LogP contribution in [-0.4, -0.2) is 59.7 Å². The Morgan fingerprint density at radius 2 is 1.59 bits per heavy atom. The Morgan fingerprint density at radius 1 is 0.897 bits per heavy atom. The van der Waals surface area contributed by atoms with Crippen molar-refractivity contribution in [3.05, 3.63) is 64.1 Å². The Hall–Kier alpha value is -2.41. The number of imide groups is 1. The molecule has 2 aromatic carbocycles. The summed E-state index contributed by atoms with van der Waals surface area (Å²) in [7, 11) is 0. The quantitative estimate of drug-likeness (QED) is 0.700. The molecule has 3 amide bonds. The van der Waals surface area contributed by atoms with Crippen molar-refractivity contribution in [2.75, 3.05) is 31.1 Å². The maximum absolute atomic E-state index is 13.0. The lowest BCUT2D eigenvalue weighted by Gasteiger charge is -2.37. The van der Waals surface area contributed by atoms with Gasteiger partial charge in [-0.15, -0.1) is 0 Å². The van der Waals surface area contributed by atoms with Gasteiger partial charge in [0.2, 0.25) is 5.91 Å². The summed E-state index contributed by atoms with van der Waals surface area (Å²) >= 11 is 12.0. The fourth-order valence-corrected chi connectivity index (χ4v) is 4.09. The first-order chi connectivity index (χ1) is 14.0. The lowest BCUT2D eigenvalue weighted by atomic mass is 10.1. The predicted molar refractivity (Wildman–Crippen MR) is 111 cm³/mol. The van der Waals surface area contributed by atoms with E-state index in [4.69, 9.17) is 23.2 Å². The fraction of sp³-hybridized carbons (Fsp3) is 0.286. The number of amides is 3. The minimum Gasteiger partial charge on any atom is -0.336 e. The van der Waals surface area contributed by atoms with Crippen LogP contribution in [0, 0.1) is 0 Å². The Morgan fingerprint density at radius 3 is 2.24 bits per heavy atom. The molecule has 6 nitrogen and oxygen atoms in total. The van der Waals surface area contributed by atoms with Crippen molar-refractivity contribution in [3.63, 3.8) is 0 Å². The molecule has 2 saturated heterocycles. The van der Waals surface area contributed by atoms with E-state index in [1.165, 1.54) is 11.0 Å². The van der Waals surface area contributed by atoms with Crippen LogP contribution in [0.5, 0.6) is 0 Å². The minimum atomic E-state index is -0.522. The fourth-order valence-electron chi connectivity index (χ4n) is 3.80. The van der Waals surface area contributed by atoms with Crippen LogP contribution in [0.4, 0.5) is 5.69 Å². The molecule has 29 heavy (non-hydrogen) atoms. The number of rotatable bonds is 3. The number of halogens is 2. The van der Waals surface area contributed by atoms with Gasteiger partial charge in [-0.25, -0.2) is 4.90 Å². The van der Waals surface area contributed by atoms with E-state index in [0.29, 0.717) is 47.5 Å². The Balaban J connectivity index is 1.42. The summed E-state index contributed by atoms with van der Waals surface area (Å²) in [6.45, 7) is 2.10. The highest BCUT2D eigenvalue weighted by Gasteiger charge is 2.43. The van der Waals surface area contributed by atoms with Crippen LogP contribution >= 0.6 is 23.2 Å². The van der Waals surface area contributed by atoms with Crippen LogP contribution in [0.3, 0.4) is 0 Å². The number of nitrogens with zero attached hydrogens (tertiary/aromatic N) is 3. The summed E-state index contributed by atoms with van der Waals surface area (Å²) in [5, 5.41) is 0.659. The first-order valence-electron chi connectivity index (χ1n) is 9.36. The second kappa shape index (κ2) is 8.14. The van der Waals surface area contributed by atoms with Crippen molar-refractivity contribution >= 4 is 46.6 Å². The standard InChI is InChI=1S/C21H19Cl2N3O3/c22-16-7-6-15(12-17(16)23)26-19(27)13-18(21(26)29)24-8-10-25(11-9-24)20(28)14-4-2-1-3-5-14/h1-7,12,18H,8-11,13H2. The summed E-state index contributed by atoms with van der Waals surface area (Å²) < 4.78 is 0. The molecule has 2 aliphatic heterocycles. The zero-order valence-corrected chi connectivity index (χ0v) is 17.1. The summed E-state index contributed by atoms with van der Waals surface area (Å²) in [4.78, 5) is 43.0. The molecule has 1 atom stereocenters. The van der Waals surface area contributed by atoms with Gasteiger partial charge in [-0.1, -0.05) is 41.4 Å². The van der Waals surface area contributed by atoms with E-state index in [1.54, 1.807) is 29.2 Å². The number of hydrogen-bond donors (Lipinski definition) is 0. The first kappa shape index (κ1) is 19.9. The van der Waals surface area contributed by atoms with Crippen molar-refractivity contribution in [2.45, 2.75) is 12.5 Å². The molecule has 0 saturated carbocycles. The number of anilines is 1. The van der Waals surface area contributed by atoms with Crippen LogP contribution in [0.2, 0.25) is 10.0 Å². The van der Waals surface area contributed by atoms with E-state index >= 15 is 0 Å². The summed E-state index contributed by atoms with van der Waals surface area (Å²) in [6.07, 6.45) is 0.117. The largest absolute Gasteiger partial charge is 0.336 e. The molecule has 0 radical (unpaired) electrons. The molecule has 0 aliphatic carbocycles. The average molecular weight is 432 g/mol. The van der Waals surface area contributed by atoms with E-state index < -0.39 is 6.04 Å². The number of hydrogen-bond acceptors (Lipinski definition) is 4. The van der Waals surface area contributed by atoms with E-state index in [-0.39, 0.29) is 24.1 Å². The summed E-state index contributed by atoms with van der Waals surface area (Å²) in [5.74, 6) is -0.547. The maximum atomic E-state index is 13.0. The van der Waals surface area contributed by atoms with Crippen LogP contribution in [-0.2, 0) is 9.59 Å². The smallest absolute Gasteiger partial charge is 0.253 e. The third kappa shape index (κ3) is 3.88. The predicted octanol–water partition coefficient (Wildman–Crippen LogP) is 3.08. The lowest BCUT2D eigenvalue weighted by Crippen LogP contribution is -2.53. The molecule has 2 fully saturated rings. The molecule has 0 spiro atoms. The van der Waals surface area contributed by atoms with Crippen molar-refractivity contribution in [2.24, 2.45) is 0 Å². The average Bonchev–Trinajstić information content (AvgIpc) is 3.04. The van der Waals surface area contributed by atoms with Crippen LogP contribution in [0.1, 0.15) is 16.8 Å². The maximum Gasteiger partial charge on any atom is 0.253 e. The van der Waals surface area contributed by atoms with Gasteiger partial charge in [-0.05, 0) is 30.3 Å². The summed E-state index contributed by atoms with van der Waals surface area (Å²) in [5.41, 5.74) is 1.08. The van der Waals surface area contributed by atoms with Crippen LogP contribution < -0.4 is 4.90 Å². The third-order valence-electron chi connectivity index (χ3n) is 5.35. The Kier molecular flexibility index (Phi) is 5.58. The van der Waals surface area contributed by atoms with Gasteiger partial charge in [-0.2, -0.15) is 0 Å². The second-order valence-electron chi connectivity index (χ2n) is 7.08. The molecule has 150 valence electrons. The number of piperazine rings is 1. The SMILES string of the molecule is O=C(c1ccccc1)N1CCN(C2CC(=O)N(c3ccc(Cl)c(Cl)c3)C2=O)CC1. The van der Waals surface area contributed by atoms with E-state index in [9.17, 15) is 14.4 Å².